The van der Waals surface area contributed by atoms with Gasteiger partial charge in [-0.25, -0.2) is 0 Å². The van der Waals surface area contributed by atoms with Crippen LogP contribution in [0.5, 0.6) is 5.75 Å². The van der Waals surface area contributed by atoms with Crippen molar-refractivity contribution < 1.29 is 9.84 Å². The Labute approximate surface area is 253 Å². The Morgan fingerprint density at radius 3 is 2.07 bits per heavy atom. The van der Waals surface area contributed by atoms with Gasteiger partial charge in [-0.05, 0) is 76.8 Å². The van der Waals surface area contributed by atoms with Crippen molar-refractivity contribution in [3.63, 3.8) is 0 Å². The molecule has 6 rings (SSSR count). The van der Waals surface area contributed by atoms with Crippen LogP contribution in [0.4, 0.5) is 0 Å². The average Bonchev–Trinajstić information content (AvgIpc) is 3.47. The summed E-state index contributed by atoms with van der Waals surface area (Å²) in [6.45, 7) is 5.54. The average molecular weight is 573 g/mol. The molecule has 1 aliphatic rings. The van der Waals surface area contributed by atoms with Crippen LogP contribution in [0.15, 0.2) is 102 Å². The van der Waals surface area contributed by atoms with Crippen molar-refractivity contribution in [1.82, 2.24) is 9.88 Å². The zero-order chi connectivity index (χ0) is 29.8. The highest BCUT2D eigenvalue weighted by Gasteiger charge is 2.33. The Morgan fingerprint density at radius 1 is 0.837 bits per heavy atom. The third-order valence-corrected chi connectivity index (χ3v) is 8.93. The third kappa shape index (κ3) is 6.15. The number of benzene rings is 4. The Balaban J connectivity index is 1.39. The minimum absolute atomic E-state index is 0.0431. The molecule has 5 aromatic rings. The van der Waals surface area contributed by atoms with E-state index in [0.29, 0.717) is 24.4 Å². The molecule has 1 heterocycles. The summed E-state index contributed by atoms with van der Waals surface area (Å²) in [6.07, 6.45) is 3.97. The fourth-order valence-corrected chi connectivity index (χ4v) is 6.71. The lowest BCUT2D eigenvalue weighted by Crippen LogP contribution is -2.40. The molecule has 0 saturated heterocycles. The SMILES string of the molecule is CCc1cc2c(cc1CC)CC(N(Cc1ccccc1)C(CO)c1ccc(OCc3ccccc3)c3[nH]c(=O)ccc13)C2. The summed E-state index contributed by atoms with van der Waals surface area (Å²) in [5.41, 5.74) is 9.46. The van der Waals surface area contributed by atoms with E-state index in [2.05, 4.69) is 66.2 Å². The molecule has 0 spiro atoms. The molecule has 220 valence electrons. The quantitative estimate of drug-likeness (QED) is 0.180. The molecule has 1 atom stereocenters. The number of H-pyrrole nitrogens is 1. The molecule has 0 bridgehead atoms. The number of aliphatic hydroxyl groups excluding tert-OH is 1. The van der Waals surface area contributed by atoms with Gasteiger partial charge >= 0.3 is 0 Å². The van der Waals surface area contributed by atoms with Gasteiger partial charge in [0.25, 0.3) is 0 Å². The standard InChI is InChI=1S/C38H40N2O3/c1-3-28-19-30-21-32(22-31(30)20-29(28)4-2)40(23-26-11-7-5-8-12-26)35(24-41)33-15-17-36(38-34(33)16-18-37(42)39-38)43-25-27-13-9-6-10-14-27/h5-20,32,35,41H,3-4,21-25H2,1-2H3,(H,39,42). The largest absolute Gasteiger partial charge is 0.487 e. The van der Waals surface area contributed by atoms with Gasteiger partial charge in [-0.15, -0.1) is 0 Å². The lowest BCUT2D eigenvalue weighted by molar-refractivity contribution is 0.0787. The maximum atomic E-state index is 12.5. The third-order valence-electron chi connectivity index (χ3n) is 8.93. The van der Waals surface area contributed by atoms with E-state index >= 15 is 0 Å². The lowest BCUT2D eigenvalue weighted by Gasteiger charge is -2.36. The molecule has 1 aliphatic carbocycles. The molecule has 43 heavy (non-hydrogen) atoms. The molecule has 2 N–H and O–H groups in total. The van der Waals surface area contributed by atoms with Gasteiger partial charge in [-0.1, -0.05) is 92.7 Å². The van der Waals surface area contributed by atoms with Crippen LogP contribution in [0.1, 0.15) is 58.8 Å². The van der Waals surface area contributed by atoms with Crippen LogP contribution in [0.2, 0.25) is 0 Å². The summed E-state index contributed by atoms with van der Waals surface area (Å²) in [7, 11) is 0. The first-order valence-electron chi connectivity index (χ1n) is 15.4. The summed E-state index contributed by atoms with van der Waals surface area (Å²) in [5.74, 6) is 0.624. The van der Waals surface area contributed by atoms with Gasteiger partial charge in [0.15, 0.2) is 0 Å². The summed E-state index contributed by atoms with van der Waals surface area (Å²) in [6, 6.07) is 32.7. The van der Waals surface area contributed by atoms with Crippen molar-refractivity contribution in [2.75, 3.05) is 6.61 Å². The van der Waals surface area contributed by atoms with Crippen LogP contribution >= 0.6 is 0 Å². The molecule has 0 amide bonds. The first-order valence-corrected chi connectivity index (χ1v) is 15.4. The lowest BCUT2D eigenvalue weighted by atomic mass is 9.97. The molecule has 1 aromatic heterocycles. The van der Waals surface area contributed by atoms with Crippen molar-refractivity contribution in [3.05, 3.63) is 146 Å². The van der Waals surface area contributed by atoms with Gasteiger partial charge < -0.3 is 14.8 Å². The van der Waals surface area contributed by atoms with Crippen molar-refractivity contribution in [1.29, 1.82) is 0 Å². The molecule has 4 aromatic carbocycles. The number of rotatable bonds is 11. The Morgan fingerprint density at radius 2 is 1.47 bits per heavy atom. The topological polar surface area (TPSA) is 65.6 Å². The van der Waals surface area contributed by atoms with Gasteiger partial charge in [0.05, 0.1) is 18.2 Å². The normalized spacial score (nSPS) is 13.9. The van der Waals surface area contributed by atoms with Crippen molar-refractivity contribution in [3.8, 4) is 5.75 Å². The van der Waals surface area contributed by atoms with E-state index in [0.717, 1.165) is 42.2 Å². The number of hydrogen-bond acceptors (Lipinski definition) is 4. The van der Waals surface area contributed by atoms with Gasteiger partial charge in [0.1, 0.15) is 12.4 Å². The molecule has 1 unspecified atom stereocenters. The van der Waals surface area contributed by atoms with Gasteiger partial charge in [0.2, 0.25) is 5.56 Å². The predicted molar refractivity (Wildman–Crippen MR) is 174 cm³/mol. The maximum absolute atomic E-state index is 12.5. The number of aliphatic hydroxyl groups is 1. The second kappa shape index (κ2) is 13.0. The highest BCUT2D eigenvalue weighted by molar-refractivity contribution is 5.88. The number of ether oxygens (including phenoxy) is 1. The van der Waals surface area contributed by atoms with E-state index < -0.39 is 0 Å². The number of aryl methyl sites for hydroxylation is 2. The number of nitrogens with zero attached hydrogens (tertiary/aromatic N) is 1. The first kappa shape index (κ1) is 28.9. The number of fused-ring (bicyclic) bond motifs is 2. The molecule has 0 saturated carbocycles. The fraction of sp³-hybridized carbons (Fsp3) is 0.289. The summed E-state index contributed by atoms with van der Waals surface area (Å²) in [4.78, 5) is 18.0. The molecule has 0 fully saturated rings. The Hall–Kier alpha value is -4.19. The second-order valence-electron chi connectivity index (χ2n) is 11.6. The van der Waals surface area contributed by atoms with Gasteiger partial charge in [0, 0.05) is 24.0 Å². The van der Waals surface area contributed by atoms with E-state index in [9.17, 15) is 9.90 Å². The van der Waals surface area contributed by atoms with Crippen LogP contribution in [-0.2, 0) is 38.8 Å². The number of nitrogens with one attached hydrogen (secondary N) is 1. The van der Waals surface area contributed by atoms with Gasteiger partial charge in [-0.2, -0.15) is 0 Å². The highest BCUT2D eigenvalue weighted by atomic mass is 16.5. The maximum Gasteiger partial charge on any atom is 0.248 e. The summed E-state index contributed by atoms with van der Waals surface area (Å²) in [5, 5.41) is 11.9. The van der Waals surface area contributed by atoms with Crippen LogP contribution in [0, 0.1) is 0 Å². The predicted octanol–water partition coefficient (Wildman–Crippen LogP) is 6.93. The van der Waals surface area contributed by atoms with E-state index in [1.165, 1.54) is 27.8 Å². The smallest absolute Gasteiger partial charge is 0.248 e. The molecule has 5 heteroatoms. The van der Waals surface area contributed by atoms with Crippen LogP contribution in [0.25, 0.3) is 10.9 Å². The highest BCUT2D eigenvalue weighted by Crippen LogP contribution is 2.38. The monoisotopic (exact) mass is 572 g/mol. The number of aromatic nitrogens is 1. The van der Waals surface area contributed by atoms with Crippen LogP contribution in [-0.4, -0.2) is 27.6 Å². The first-order chi connectivity index (χ1) is 21.1. The Bertz CT molecular complexity index is 1710. The van der Waals surface area contributed by atoms with Crippen molar-refractivity contribution >= 4 is 10.9 Å². The molecule has 0 radical (unpaired) electrons. The van der Waals surface area contributed by atoms with E-state index in [4.69, 9.17) is 4.74 Å². The molecular formula is C38H40N2O3. The van der Waals surface area contributed by atoms with E-state index in [-0.39, 0.29) is 24.2 Å². The molecular weight excluding hydrogens is 532 g/mol. The number of aromatic amines is 1. The summed E-state index contributed by atoms with van der Waals surface area (Å²) >= 11 is 0. The number of hydrogen-bond donors (Lipinski definition) is 2. The zero-order valence-corrected chi connectivity index (χ0v) is 25.1. The number of pyridine rings is 1. The molecule has 0 aliphatic heterocycles. The van der Waals surface area contributed by atoms with Crippen molar-refractivity contribution in [2.24, 2.45) is 0 Å². The second-order valence-corrected chi connectivity index (χ2v) is 11.6. The minimum Gasteiger partial charge on any atom is -0.487 e. The van der Waals surface area contributed by atoms with Crippen molar-refractivity contribution in [2.45, 2.75) is 64.8 Å². The van der Waals surface area contributed by atoms with Gasteiger partial charge in [-0.3, -0.25) is 9.69 Å². The van der Waals surface area contributed by atoms with Crippen LogP contribution < -0.4 is 10.3 Å². The zero-order valence-electron chi connectivity index (χ0n) is 25.1. The minimum atomic E-state index is -0.271. The molecule has 5 nitrogen and oxygen atoms in total. The van der Waals surface area contributed by atoms with Crippen LogP contribution in [0.3, 0.4) is 0 Å². The fourth-order valence-electron chi connectivity index (χ4n) is 6.71. The Kier molecular flexibility index (Phi) is 8.73. The van der Waals surface area contributed by atoms with E-state index in [1.54, 1.807) is 6.07 Å². The van der Waals surface area contributed by atoms with E-state index in [1.807, 2.05) is 48.5 Å². The summed E-state index contributed by atoms with van der Waals surface area (Å²) < 4.78 is 6.22.